The number of amides is 2. The average molecular weight is 358 g/mol. The Morgan fingerprint density at radius 3 is 2.69 bits per heavy atom. The van der Waals surface area contributed by atoms with E-state index in [9.17, 15) is 14.7 Å². The number of aromatic nitrogens is 2. The second-order valence-corrected chi connectivity index (χ2v) is 5.78. The average Bonchev–Trinajstić information content (AvgIpc) is 2.96. The zero-order valence-electron chi connectivity index (χ0n) is 14.5. The van der Waals surface area contributed by atoms with E-state index in [0.29, 0.717) is 11.4 Å². The van der Waals surface area contributed by atoms with Gasteiger partial charge in [-0.15, -0.1) is 0 Å². The molecule has 0 radical (unpaired) electrons. The highest BCUT2D eigenvalue weighted by Gasteiger charge is 2.40. The van der Waals surface area contributed by atoms with Crippen LogP contribution in [0, 0.1) is 6.92 Å². The predicted molar refractivity (Wildman–Crippen MR) is 86.0 cm³/mol. The van der Waals surface area contributed by atoms with E-state index in [-0.39, 0.29) is 17.9 Å². The van der Waals surface area contributed by atoms with Gasteiger partial charge in [0.2, 0.25) is 5.69 Å². The molecule has 1 aromatic carbocycles. The molecule has 2 amide bonds. The van der Waals surface area contributed by atoms with Crippen molar-refractivity contribution in [2.24, 2.45) is 0 Å². The molecule has 0 saturated heterocycles. The van der Waals surface area contributed by atoms with Gasteiger partial charge in [0.1, 0.15) is 0 Å². The van der Waals surface area contributed by atoms with Gasteiger partial charge in [0.25, 0.3) is 5.69 Å². The van der Waals surface area contributed by atoms with Crippen LogP contribution in [-0.2, 0) is 9.53 Å². The Morgan fingerprint density at radius 1 is 1.35 bits per heavy atom. The molecule has 0 bridgehead atoms. The first-order chi connectivity index (χ1) is 12.4. The van der Waals surface area contributed by atoms with Crippen molar-refractivity contribution < 1.29 is 28.6 Å². The minimum absolute atomic E-state index is 0.00565. The molecule has 136 valence electrons. The van der Waals surface area contributed by atoms with Crippen LogP contribution in [0.15, 0.2) is 40.1 Å². The summed E-state index contributed by atoms with van der Waals surface area (Å²) in [5.41, 5.74) is 2.01. The van der Waals surface area contributed by atoms with Crippen molar-refractivity contribution in [3.63, 3.8) is 0 Å². The molecule has 26 heavy (non-hydrogen) atoms. The first kappa shape index (κ1) is 17.5. The van der Waals surface area contributed by atoms with Crippen LogP contribution in [0.25, 0.3) is 5.69 Å². The van der Waals surface area contributed by atoms with E-state index in [0.717, 1.165) is 5.56 Å². The molecular formula is C17H18N4O5. The second kappa shape index (κ2) is 6.87. The van der Waals surface area contributed by atoms with Crippen LogP contribution in [-0.4, -0.2) is 23.9 Å². The van der Waals surface area contributed by atoms with Crippen molar-refractivity contribution in [2.45, 2.75) is 26.8 Å². The lowest BCUT2D eigenvalue weighted by atomic mass is 10.00. The molecule has 1 atom stereocenters. The Labute approximate surface area is 149 Å². The second-order valence-electron chi connectivity index (χ2n) is 5.78. The summed E-state index contributed by atoms with van der Waals surface area (Å²) >= 11 is 0. The van der Waals surface area contributed by atoms with Crippen LogP contribution < -0.4 is 20.4 Å². The van der Waals surface area contributed by atoms with E-state index in [4.69, 9.17) is 9.26 Å². The SMILES string of the molecule is CCOC(=O)C1=C(C)NC(=O)NC1c1c([O-])on[n+]1-c1ccc(C)cc1. The molecular weight excluding hydrogens is 340 g/mol. The molecule has 2 N–H and O–H groups in total. The molecule has 0 saturated carbocycles. The lowest BCUT2D eigenvalue weighted by molar-refractivity contribution is -0.678. The molecule has 1 aliphatic heterocycles. The van der Waals surface area contributed by atoms with Crippen LogP contribution in [0.4, 0.5) is 4.79 Å². The zero-order valence-corrected chi connectivity index (χ0v) is 14.5. The third kappa shape index (κ3) is 3.10. The summed E-state index contributed by atoms with van der Waals surface area (Å²) in [5.74, 6) is -1.40. The van der Waals surface area contributed by atoms with E-state index in [2.05, 4.69) is 15.9 Å². The Morgan fingerprint density at radius 2 is 2.04 bits per heavy atom. The Balaban J connectivity index is 2.13. The first-order valence-corrected chi connectivity index (χ1v) is 8.03. The number of urea groups is 1. The fraction of sp³-hybridized carbons (Fsp3) is 0.294. The van der Waals surface area contributed by atoms with Crippen molar-refractivity contribution >= 4 is 12.0 Å². The largest absolute Gasteiger partial charge is 0.539 e. The number of esters is 1. The number of hydrogen-bond donors (Lipinski definition) is 2. The lowest BCUT2D eigenvalue weighted by Crippen LogP contribution is -2.50. The molecule has 2 aromatic rings. The van der Waals surface area contributed by atoms with E-state index < -0.39 is 24.0 Å². The van der Waals surface area contributed by atoms with Gasteiger partial charge in [-0.2, -0.15) is 0 Å². The molecule has 2 heterocycles. The fourth-order valence-electron chi connectivity index (χ4n) is 2.75. The molecule has 9 nitrogen and oxygen atoms in total. The standard InChI is InChI=1S/C17H18N4O5/c1-4-25-15(22)12-10(3)18-17(24)19-13(12)14-16(23)26-20-21(14)11-7-5-9(2)6-8-11/h5-8,13H,4H2,1-3H3,(H2-,18,19,20,22,23,24). The van der Waals surface area contributed by atoms with E-state index in [1.165, 1.54) is 4.68 Å². The Kier molecular flexibility index (Phi) is 4.61. The summed E-state index contributed by atoms with van der Waals surface area (Å²) in [6.45, 7) is 5.31. The normalized spacial score (nSPS) is 16.9. The maximum absolute atomic E-state index is 12.4. The number of aryl methyl sites for hydroxylation is 1. The van der Waals surface area contributed by atoms with Crippen molar-refractivity contribution in [1.29, 1.82) is 0 Å². The number of carbonyl (C=O) groups excluding carboxylic acids is 2. The number of nitrogens with zero attached hydrogens (tertiary/aromatic N) is 2. The zero-order chi connectivity index (χ0) is 18.8. The van der Waals surface area contributed by atoms with Gasteiger partial charge in [-0.25, -0.2) is 9.59 Å². The molecule has 3 rings (SSSR count). The number of ether oxygens (including phenoxy) is 1. The van der Waals surface area contributed by atoms with Crippen LogP contribution in [0.2, 0.25) is 0 Å². The number of allylic oxidation sites excluding steroid dienone is 1. The van der Waals surface area contributed by atoms with Crippen LogP contribution >= 0.6 is 0 Å². The van der Waals surface area contributed by atoms with Crippen molar-refractivity contribution in [2.75, 3.05) is 6.61 Å². The van der Waals surface area contributed by atoms with Gasteiger partial charge in [-0.05, 0) is 25.5 Å². The molecule has 1 aromatic heterocycles. The molecule has 0 aliphatic carbocycles. The van der Waals surface area contributed by atoms with Crippen LogP contribution in [0.1, 0.15) is 31.1 Å². The summed E-state index contributed by atoms with van der Waals surface area (Å²) in [5, 5.41) is 21.2. The molecule has 9 heteroatoms. The quantitative estimate of drug-likeness (QED) is 0.607. The Bertz CT molecular complexity index is 885. The van der Waals surface area contributed by atoms with Crippen LogP contribution in [0.3, 0.4) is 0 Å². The predicted octanol–water partition coefficient (Wildman–Crippen LogP) is 0.524. The van der Waals surface area contributed by atoms with Gasteiger partial charge in [0.15, 0.2) is 12.0 Å². The highest BCUT2D eigenvalue weighted by atomic mass is 16.6. The maximum Gasteiger partial charge on any atom is 0.338 e. The van der Waals surface area contributed by atoms with Gasteiger partial charge in [0, 0.05) is 17.8 Å². The van der Waals surface area contributed by atoms with E-state index in [1.54, 1.807) is 26.0 Å². The lowest BCUT2D eigenvalue weighted by Gasteiger charge is -2.25. The summed E-state index contributed by atoms with van der Waals surface area (Å²) < 4.78 is 11.1. The smallest absolute Gasteiger partial charge is 0.338 e. The topological polar surface area (TPSA) is 120 Å². The van der Waals surface area contributed by atoms with Gasteiger partial charge in [-0.1, -0.05) is 17.7 Å². The van der Waals surface area contributed by atoms with Crippen molar-refractivity contribution in [3.8, 4) is 11.6 Å². The number of carbonyl (C=O) groups is 2. The van der Waals surface area contributed by atoms with Crippen molar-refractivity contribution in [1.82, 2.24) is 15.9 Å². The molecule has 0 fully saturated rings. The number of rotatable bonds is 4. The molecule has 1 unspecified atom stereocenters. The summed E-state index contributed by atoms with van der Waals surface area (Å²) in [6, 6.07) is 5.60. The number of benzene rings is 1. The summed E-state index contributed by atoms with van der Waals surface area (Å²) in [7, 11) is 0. The number of nitrogens with one attached hydrogen (secondary N) is 2. The van der Waals surface area contributed by atoms with Crippen molar-refractivity contribution in [3.05, 3.63) is 46.8 Å². The minimum atomic E-state index is -1.05. The molecule has 0 spiro atoms. The summed E-state index contributed by atoms with van der Waals surface area (Å²) in [6.07, 6.45) is 0. The molecule has 1 aliphatic rings. The third-order valence-corrected chi connectivity index (χ3v) is 3.96. The highest BCUT2D eigenvalue weighted by molar-refractivity contribution is 5.94. The van der Waals surface area contributed by atoms with Crippen LogP contribution in [0.5, 0.6) is 5.95 Å². The maximum atomic E-state index is 12.4. The monoisotopic (exact) mass is 358 g/mol. The highest BCUT2D eigenvalue weighted by Crippen LogP contribution is 2.30. The van der Waals surface area contributed by atoms with E-state index in [1.807, 2.05) is 19.1 Å². The fourth-order valence-corrected chi connectivity index (χ4v) is 2.75. The summed E-state index contributed by atoms with van der Waals surface area (Å²) in [4.78, 5) is 24.3. The van der Waals surface area contributed by atoms with E-state index >= 15 is 0 Å². The minimum Gasteiger partial charge on any atom is -0.539 e. The van der Waals surface area contributed by atoms with Gasteiger partial charge >= 0.3 is 12.0 Å². The van der Waals surface area contributed by atoms with Gasteiger partial charge in [0.05, 0.1) is 17.5 Å². The Hall–Kier alpha value is -3.36. The third-order valence-electron chi connectivity index (χ3n) is 3.96. The first-order valence-electron chi connectivity index (χ1n) is 8.03. The van der Waals surface area contributed by atoms with Gasteiger partial charge in [-0.3, -0.25) is 0 Å². The van der Waals surface area contributed by atoms with Gasteiger partial charge < -0.3 is 25.0 Å². The number of hydrogen-bond acceptors (Lipinski definition) is 6.